The fraction of sp³-hybridized carbons (Fsp3) is 1.00. The number of hydrogen-bond acceptors (Lipinski definition) is 4. The third kappa shape index (κ3) is 4.78. The standard InChI is InChI=1S/C12H26N2O2/c1-4-5-11-8-14(7-6-13-11)9-12(16-3)10-15-2/h11-13H,4-10H2,1-3H3. The van der Waals surface area contributed by atoms with Gasteiger partial charge in [-0.1, -0.05) is 13.3 Å². The van der Waals surface area contributed by atoms with Crippen LogP contribution in [0.3, 0.4) is 0 Å². The predicted molar refractivity (Wildman–Crippen MR) is 65.8 cm³/mol. The quantitative estimate of drug-likeness (QED) is 0.699. The molecule has 0 radical (unpaired) electrons. The van der Waals surface area contributed by atoms with Crippen LogP contribution in [0.15, 0.2) is 0 Å². The van der Waals surface area contributed by atoms with Gasteiger partial charge in [-0.15, -0.1) is 0 Å². The lowest BCUT2D eigenvalue weighted by Crippen LogP contribution is -2.52. The first-order valence-corrected chi connectivity index (χ1v) is 6.27. The third-order valence-corrected chi connectivity index (χ3v) is 3.12. The molecular weight excluding hydrogens is 204 g/mol. The van der Waals surface area contributed by atoms with E-state index in [2.05, 4.69) is 17.1 Å². The zero-order valence-electron chi connectivity index (χ0n) is 10.9. The number of nitrogens with zero attached hydrogens (tertiary/aromatic N) is 1. The van der Waals surface area contributed by atoms with Crippen molar-refractivity contribution in [3.8, 4) is 0 Å². The highest BCUT2D eigenvalue weighted by atomic mass is 16.5. The smallest absolute Gasteiger partial charge is 0.0931 e. The Hall–Kier alpha value is -0.160. The van der Waals surface area contributed by atoms with Gasteiger partial charge >= 0.3 is 0 Å². The van der Waals surface area contributed by atoms with Crippen molar-refractivity contribution >= 4 is 0 Å². The second kappa shape index (κ2) is 8.01. The van der Waals surface area contributed by atoms with Gasteiger partial charge in [0.25, 0.3) is 0 Å². The molecule has 2 unspecified atom stereocenters. The van der Waals surface area contributed by atoms with Crippen molar-refractivity contribution in [1.82, 2.24) is 10.2 Å². The molecule has 1 aliphatic rings. The maximum atomic E-state index is 5.40. The SMILES string of the molecule is CCCC1CN(CC(COC)OC)CCN1. The average Bonchev–Trinajstić information content (AvgIpc) is 2.29. The molecule has 1 rings (SSSR count). The van der Waals surface area contributed by atoms with Crippen molar-refractivity contribution < 1.29 is 9.47 Å². The second-order valence-corrected chi connectivity index (χ2v) is 4.51. The van der Waals surface area contributed by atoms with E-state index in [0.29, 0.717) is 12.6 Å². The summed E-state index contributed by atoms with van der Waals surface area (Å²) in [7, 11) is 3.49. The molecule has 0 saturated carbocycles. The Morgan fingerprint density at radius 2 is 2.25 bits per heavy atom. The van der Waals surface area contributed by atoms with Gasteiger partial charge in [0.15, 0.2) is 0 Å². The maximum absolute atomic E-state index is 5.40. The van der Waals surface area contributed by atoms with Gasteiger partial charge in [0.2, 0.25) is 0 Å². The molecule has 0 aliphatic carbocycles. The number of nitrogens with one attached hydrogen (secondary N) is 1. The van der Waals surface area contributed by atoms with Gasteiger partial charge in [-0.3, -0.25) is 4.90 Å². The summed E-state index contributed by atoms with van der Waals surface area (Å²) in [6.45, 7) is 7.24. The molecule has 1 saturated heterocycles. The molecule has 96 valence electrons. The lowest BCUT2D eigenvalue weighted by molar-refractivity contribution is 0.000899. The summed E-state index contributed by atoms with van der Waals surface area (Å²) < 4.78 is 10.5. The van der Waals surface area contributed by atoms with Crippen LogP contribution in [0.1, 0.15) is 19.8 Å². The molecule has 0 amide bonds. The van der Waals surface area contributed by atoms with Crippen molar-refractivity contribution in [1.29, 1.82) is 0 Å². The highest BCUT2D eigenvalue weighted by Crippen LogP contribution is 2.06. The molecule has 0 aromatic rings. The average molecular weight is 230 g/mol. The molecule has 0 aromatic carbocycles. The number of piperazine rings is 1. The Bertz CT molecular complexity index is 176. The Balaban J connectivity index is 2.29. The van der Waals surface area contributed by atoms with E-state index in [-0.39, 0.29) is 6.10 Å². The van der Waals surface area contributed by atoms with Crippen molar-refractivity contribution in [3.05, 3.63) is 0 Å². The molecule has 4 heteroatoms. The fourth-order valence-corrected chi connectivity index (χ4v) is 2.27. The van der Waals surface area contributed by atoms with Crippen LogP contribution in [-0.4, -0.2) is 64.1 Å². The zero-order chi connectivity index (χ0) is 11.8. The van der Waals surface area contributed by atoms with E-state index < -0.39 is 0 Å². The summed E-state index contributed by atoms with van der Waals surface area (Å²) in [4.78, 5) is 2.48. The molecule has 1 fully saturated rings. The zero-order valence-corrected chi connectivity index (χ0v) is 10.9. The van der Waals surface area contributed by atoms with Crippen LogP contribution < -0.4 is 5.32 Å². The first kappa shape index (κ1) is 13.9. The van der Waals surface area contributed by atoms with E-state index in [1.54, 1.807) is 14.2 Å². The molecule has 4 nitrogen and oxygen atoms in total. The Morgan fingerprint density at radius 3 is 2.88 bits per heavy atom. The van der Waals surface area contributed by atoms with E-state index in [0.717, 1.165) is 26.2 Å². The van der Waals surface area contributed by atoms with Gasteiger partial charge in [-0.05, 0) is 6.42 Å². The topological polar surface area (TPSA) is 33.7 Å². The fourth-order valence-electron chi connectivity index (χ4n) is 2.27. The molecule has 0 spiro atoms. The summed E-state index contributed by atoms with van der Waals surface area (Å²) in [5.41, 5.74) is 0. The van der Waals surface area contributed by atoms with Gasteiger partial charge in [-0.2, -0.15) is 0 Å². The van der Waals surface area contributed by atoms with Crippen molar-refractivity contribution in [2.45, 2.75) is 31.9 Å². The van der Waals surface area contributed by atoms with Gasteiger partial charge in [-0.25, -0.2) is 0 Å². The van der Waals surface area contributed by atoms with E-state index >= 15 is 0 Å². The van der Waals surface area contributed by atoms with E-state index in [9.17, 15) is 0 Å². The van der Waals surface area contributed by atoms with Crippen LogP contribution in [0, 0.1) is 0 Å². The predicted octanol–water partition coefficient (Wildman–Crippen LogP) is 0.722. The van der Waals surface area contributed by atoms with Crippen molar-refractivity contribution in [2.24, 2.45) is 0 Å². The monoisotopic (exact) mass is 230 g/mol. The molecule has 2 atom stereocenters. The first-order chi connectivity index (χ1) is 7.80. The largest absolute Gasteiger partial charge is 0.382 e. The third-order valence-electron chi connectivity index (χ3n) is 3.12. The highest BCUT2D eigenvalue weighted by Gasteiger charge is 2.21. The van der Waals surface area contributed by atoms with E-state index in [1.807, 2.05) is 0 Å². The number of rotatable bonds is 7. The molecule has 16 heavy (non-hydrogen) atoms. The summed E-state index contributed by atoms with van der Waals surface area (Å²) in [5, 5.41) is 3.56. The molecule has 1 aliphatic heterocycles. The molecule has 1 heterocycles. The number of hydrogen-bond donors (Lipinski definition) is 1. The lowest BCUT2D eigenvalue weighted by Gasteiger charge is -2.35. The van der Waals surface area contributed by atoms with Crippen molar-refractivity contribution in [2.75, 3.05) is 47.0 Å². The van der Waals surface area contributed by atoms with Gasteiger partial charge in [0.05, 0.1) is 12.7 Å². The minimum Gasteiger partial charge on any atom is -0.382 e. The van der Waals surface area contributed by atoms with E-state index in [1.165, 1.54) is 12.8 Å². The molecule has 1 N–H and O–H groups in total. The van der Waals surface area contributed by atoms with Crippen LogP contribution in [0.5, 0.6) is 0 Å². The lowest BCUT2D eigenvalue weighted by atomic mass is 10.1. The minimum absolute atomic E-state index is 0.199. The van der Waals surface area contributed by atoms with Gasteiger partial charge < -0.3 is 14.8 Å². The van der Waals surface area contributed by atoms with Crippen LogP contribution in [0.25, 0.3) is 0 Å². The summed E-state index contributed by atoms with van der Waals surface area (Å²) >= 11 is 0. The van der Waals surface area contributed by atoms with Crippen molar-refractivity contribution in [3.63, 3.8) is 0 Å². The van der Waals surface area contributed by atoms with Gasteiger partial charge in [0, 0.05) is 46.4 Å². The maximum Gasteiger partial charge on any atom is 0.0931 e. The summed E-state index contributed by atoms with van der Waals surface area (Å²) in [5.74, 6) is 0. The Morgan fingerprint density at radius 1 is 1.44 bits per heavy atom. The summed E-state index contributed by atoms with van der Waals surface area (Å²) in [6, 6.07) is 0.652. The normalized spacial score (nSPS) is 24.6. The summed E-state index contributed by atoms with van der Waals surface area (Å²) in [6.07, 6.45) is 2.71. The Labute approximate surface area is 99.3 Å². The van der Waals surface area contributed by atoms with Crippen LogP contribution >= 0.6 is 0 Å². The number of methoxy groups -OCH3 is 2. The van der Waals surface area contributed by atoms with E-state index in [4.69, 9.17) is 9.47 Å². The minimum atomic E-state index is 0.199. The highest BCUT2D eigenvalue weighted by molar-refractivity contribution is 4.79. The molecular formula is C12H26N2O2. The Kier molecular flexibility index (Phi) is 6.96. The van der Waals surface area contributed by atoms with Gasteiger partial charge in [0.1, 0.15) is 0 Å². The van der Waals surface area contributed by atoms with Crippen LogP contribution in [-0.2, 0) is 9.47 Å². The number of ether oxygens (including phenoxy) is 2. The molecule has 0 aromatic heterocycles. The van der Waals surface area contributed by atoms with Crippen LogP contribution in [0.2, 0.25) is 0 Å². The second-order valence-electron chi connectivity index (χ2n) is 4.51. The molecule has 0 bridgehead atoms. The first-order valence-electron chi connectivity index (χ1n) is 6.27. The van der Waals surface area contributed by atoms with Crippen LogP contribution in [0.4, 0.5) is 0 Å².